The second-order valence-electron chi connectivity index (χ2n) is 7.94. The number of nitrogens with zero attached hydrogens (tertiary/aromatic N) is 1. The van der Waals surface area contributed by atoms with Crippen LogP contribution >= 0.6 is 11.3 Å². The van der Waals surface area contributed by atoms with Crippen LogP contribution < -0.4 is 10.2 Å². The molecule has 0 bridgehead atoms. The van der Waals surface area contributed by atoms with E-state index in [0.717, 1.165) is 30.6 Å². The molecule has 0 radical (unpaired) electrons. The van der Waals surface area contributed by atoms with Gasteiger partial charge < -0.3 is 5.32 Å². The van der Waals surface area contributed by atoms with E-state index >= 15 is 0 Å². The maximum Gasteiger partial charge on any atom is 0.248 e. The highest BCUT2D eigenvalue weighted by Gasteiger charge is 2.34. The number of hydrogen-bond donors (Lipinski definition) is 1. The Balaban J connectivity index is 1.76. The van der Waals surface area contributed by atoms with Crippen molar-refractivity contribution in [2.75, 3.05) is 4.90 Å². The van der Waals surface area contributed by atoms with E-state index in [0.29, 0.717) is 5.56 Å². The van der Waals surface area contributed by atoms with Gasteiger partial charge in [-0.3, -0.25) is 14.5 Å². The van der Waals surface area contributed by atoms with Crippen LogP contribution in [0.25, 0.3) is 0 Å². The molecule has 1 N–H and O–H groups in total. The fraction of sp³-hybridized carbons (Fsp3) is 0.280. The highest BCUT2D eigenvalue weighted by Crippen LogP contribution is 2.31. The molecule has 0 aliphatic heterocycles. The highest BCUT2D eigenvalue weighted by molar-refractivity contribution is 7.10. The number of hydrogen-bond acceptors (Lipinski definition) is 3. The van der Waals surface area contributed by atoms with E-state index in [9.17, 15) is 18.4 Å². The molecular formula is C25H24F2N2O2S. The average Bonchev–Trinajstić information content (AvgIpc) is 3.47. The molecule has 0 spiro atoms. The molecule has 2 amide bonds. The second-order valence-corrected chi connectivity index (χ2v) is 8.98. The zero-order chi connectivity index (χ0) is 22.5. The smallest absolute Gasteiger partial charge is 0.248 e. The molecule has 1 atom stereocenters. The summed E-state index contributed by atoms with van der Waals surface area (Å²) in [4.78, 5) is 29.2. The number of amides is 2. The molecule has 1 aromatic heterocycles. The first-order chi connectivity index (χ1) is 15.5. The topological polar surface area (TPSA) is 49.4 Å². The summed E-state index contributed by atoms with van der Waals surface area (Å²) in [7, 11) is 0. The van der Waals surface area contributed by atoms with Crippen molar-refractivity contribution in [3.8, 4) is 0 Å². The predicted molar refractivity (Wildman–Crippen MR) is 121 cm³/mol. The number of rotatable bonds is 7. The summed E-state index contributed by atoms with van der Waals surface area (Å²) in [6, 6.07) is 13.8. The third-order valence-corrected chi connectivity index (χ3v) is 6.53. The Morgan fingerprint density at radius 2 is 1.75 bits per heavy atom. The molecule has 0 unspecified atom stereocenters. The SMILES string of the molecule is O=C(NC1CCCC1)[C@@H](c1ccc(F)cc1)N(C(=O)Cc1cccs1)c1cccc(F)c1. The van der Waals surface area contributed by atoms with Crippen LogP contribution in [-0.2, 0) is 16.0 Å². The van der Waals surface area contributed by atoms with Crippen LogP contribution in [0, 0.1) is 11.6 Å². The molecule has 1 aliphatic rings. The molecule has 2 aromatic carbocycles. The van der Waals surface area contributed by atoms with Gasteiger partial charge in [-0.25, -0.2) is 8.78 Å². The lowest BCUT2D eigenvalue weighted by molar-refractivity contribution is -0.127. The molecule has 166 valence electrons. The van der Waals surface area contributed by atoms with E-state index < -0.39 is 17.7 Å². The van der Waals surface area contributed by atoms with E-state index in [1.165, 1.54) is 58.7 Å². The van der Waals surface area contributed by atoms with Gasteiger partial charge in [-0.1, -0.05) is 37.1 Å². The summed E-state index contributed by atoms with van der Waals surface area (Å²) in [5, 5.41) is 4.93. The van der Waals surface area contributed by atoms with Crippen molar-refractivity contribution >= 4 is 28.8 Å². The van der Waals surface area contributed by atoms with Gasteiger partial charge in [-0.2, -0.15) is 0 Å². The van der Waals surface area contributed by atoms with E-state index in [4.69, 9.17) is 0 Å². The lowest BCUT2D eigenvalue weighted by atomic mass is 10.0. The van der Waals surface area contributed by atoms with Crippen molar-refractivity contribution < 1.29 is 18.4 Å². The molecule has 1 saturated carbocycles. The van der Waals surface area contributed by atoms with Gasteiger partial charge in [0.05, 0.1) is 6.42 Å². The van der Waals surface area contributed by atoms with Crippen LogP contribution in [0.5, 0.6) is 0 Å². The Labute approximate surface area is 189 Å². The first-order valence-corrected chi connectivity index (χ1v) is 11.5. The van der Waals surface area contributed by atoms with Crippen LogP contribution in [0.2, 0.25) is 0 Å². The average molecular weight is 455 g/mol. The molecule has 7 heteroatoms. The Morgan fingerprint density at radius 3 is 2.41 bits per heavy atom. The number of halogens is 2. The van der Waals surface area contributed by atoms with E-state index in [1.54, 1.807) is 6.07 Å². The molecule has 1 fully saturated rings. The van der Waals surface area contributed by atoms with E-state index in [2.05, 4.69) is 5.32 Å². The van der Waals surface area contributed by atoms with E-state index in [-0.39, 0.29) is 30.0 Å². The predicted octanol–water partition coefficient (Wildman–Crippen LogP) is 5.40. The van der Waals surface area contributed by atoms with Crippen molar-refractivity contribution in [3.63, 3.8) is 0 Å². The zero-order valence-corrected chi connectivity index (χ0v) is 18.3. The van der Waals surface area contributed by atoms with Crippen LogP contribution in [0.4, 0.5) is 14.5 Å². The summed E-state index contributed by atoms with van der Waals surface area (Å²) in [5.74, 6) is -1.64. The third kappa shape index (κ3) is 5.22. The molecule has 1 heterocycles. The van der Waals surface area contributed by atoms with Gasteiger partial charge in [0.25, 0.3) is 0 Å². The standard InChI is InChI=1S/C25H24F2N2O2S/c26-18-12-10-17(11-13-18)24(25(31)28-20-6-1-2-7-20)29(21-8-3-5-19(27)15-21)23(30)16-22-9-4-14-32-22/h3-5,8-15,20,24H,1-2,6-7,16H2,(H,28,31)/t24-/m1/s1. The van der Waals surface area contributed by atoms with Crippen molar-refractivity contribution in [1.82, 2.24) is 5.32 Å². The van der Waals surface area contributed by atoms with Crippen molar-refractivity contribution in [1.29, 1.82) is 0 Å². The highest BCUT2D eigenvalue weighted by atomic mass is 32.1. The zero-order valence-electron chi connectivity index (χ0n) is 17.5. The molecular weight excluding hydrogens is 430 g/mol. The fourth-order valence-corrected chi connectivity index (χ4v) is 4.82. The second kappa shape index (κ2) is 10.0. The summed E-state index contributed by atoms with van der Waals surface area (Å²) in [5.41, 5.74) is 0.744. The number of carbonyl (C=O) groups excluding carboxylic acids is 2. The van der Waals surface area contributed by atoms with Gasteiger partial charge in [0.1, 0.15) is 17.7 Å². The number of benzene rings is 2. The number of carbonyl (C=O) groups is 2. The van der Waals surface area contributed by atoms with Crippen LogP contribution in [0.1, 0.15) is 42.2 Å². The maximum atomic E-state index is 14.1. The van der Waals surface area contributed by atoms with Gasteiger partial charge in [0.2, 0.25) is 11.8 Å². The first kappa shape index (κ1) is 22.1. The molecule has 1 aliphatic carbocycles. The molecule has 0 saturated heterocycles. The summed E-state index contributed by atoms with van der Waals surface area (Å²) in [6.07, 6.45) is 3.91. The largest absolute Gasteiger partial charge is 0.351 e. The number of anilines is 1. The minimum Gasteiger partial charge on any atom is -0.351 e. The Bertz CT molecular complexity index is 1060. The van der Waals surface area contributed by atoms with Gasteiger partial charge in [0, 0.05) is 16.6 Å². The number of thiophene rings is 1. The van der Waals surface area contributed by atoms with Crippen molar-refractivity contribution in [3.05, 3.63) is 88.1 Å². The molecule has 4 nitrogen and oxygen atoms in total. The summed E-state index contributed by atoms with van der Waals surface area (Å²) in [6.45, 7) is 0. The minimum atomic E-state index is -1.05. The molecule has 32 heavy (non-hydrogen) atoms. The number of nitrogens with one attached hydrogen (secondary N) is 1. The van der Waals surface area contributed by atoms with Crippen LogP contribution in [0.15, 0.2) is 66.0 Å². The van der Waals surface area contributed by atoms with Gasteiger partial charge in [-0.15, -0.1) is 11.3 Å². The Kier molecular flexibility index (Phi) is 6.95. The fourth-order valence-electron chi connectivity index (χ4n) is 4.12. The summed E-state index contributed by atoms with van der Waals surface area (Å²) < 4.78 is 27.8. The van der Waals surface area contributed by atoms with Gasteiger partial charge >= 0.3 is 0 Å². The Morgan fingerprint density at radius 1 is 1.00 bits per heavy atom. The molecule has 3 aromatic rings. The quantitative estimate of drug-likeness (QED) is 0.520. The van der Waals surface area contributed by atoms with Crippen molar-refractivity contribution in [2.24, 2.45) is 0 Å². The lowest BCUT2D eigenvalue weighted by Gasteiger charge is -2.32. The first-order valence-electron chi connectivity index (χ1n) is 10.7. The summed E-state index contributed by atoms with van der Waals surface area (Å²) >= 11 is 1.44. The maximum absolute atomic E-state index is 14.1. The van der Waals surface area contributed by atoms with Gasteiger partial charge in [-0.05, 0) is 60.2 Å². The van der Waals surface area contributed by atoms with Crippen molar-refractivity contribution in [2.45, 2.75) is 44.2 Å². The Hall–Kier alpha value is -3.06. The van der Waals surface area contributed by atoms with Crippen LogP contribution in [-0.4, -0.2) is 17.9 Å². The van der Waals surface area contributed by atoms with Gasteiger partial charge in [0.15, 0.2) is 0 Å². The monoisotopic (exact) mass is 454 g/mol. The third-order valence-electron chi connectivity index (χ3n) is 5.65. The lowest BCUT2D eigenvalue weighted by Crippen LogP contribution is -2.46. The minimum absolute atomic E-state index is 0.0344. The normalized spacial score (nSPS) is 14.8. The molecule has 4 rings (SSSR count). The van der Waals surface area contributed by atoms with E-state index in [1.807, 2.05) is 17.5 Å². The van der Waals surface area contributed by atoms with Crippen LogP contribution in [0.3, 0.4) is 0 Å².